The van der Waals surface area contributed by atoms with E-state index < -0.39 is 15.8 Å². The van der Waals surface area contributed by atoms with Gasteiger partial charge in [0.1, 0.15) is 16.5 Å². The number of hydrogen-bond donors (Lipinski definition) is 2. The molecule has 2 aromatic rings. The summed E-state index contributed by atoms with van der Waals surface area (Å²) in [4.78, 5) is 3.79. The van der Waals surface area contributed by atoms with Crippen LogP contribution >= 0.6 is 0 Å². The molecule has 0 atom stereocenters. The summed E-state index contributed by atoms with van der Waals surface area (Å²) in [6, 6.07) is 8.06. The summed E-state index contributed by atoms with van der Waals surface area (Å²) in [6.07, 6.45) is 1.44. The first-order valence-electron chi connectivity index (χ1n) is 5.83. The molecule has 8 heteroatoms. The van der Waals surface area contributed by atoms with Crippen molar-refractivity contribution in [3.8, 4) is 6.07 Å². The first kappa shape index (κ1) is 14.7. The van der Waals surface area contributed by atoms with E-state index in [1.807, 2.05) is 0 Å². The van der Waals surface area contributed by atoms with Crippen molar-refractivity contribution >= 4 is 21.5 Å². The molecule has 0 bridgehead atoms. The van der Waals surface area contributed by atoms with E-state index in [1.54, 1.807) is 6.07 Å². The minimum absolute atomic E-state index is 0.101. The Morgan fingerprint density at radius 3 is 2.71 bits per heavy atom. The average Bonchev–Trinajstić information content (AvgIpc) is 2.49. The number of hydrogen-bond acceptors (Lipinski definition) is 5. The normalized spacial score (nSPS) is 10.7. The molecule has 1 aromatic carbocycles. The summed E-state index contributed by atoms with van der Waals surface area (Å²) in [6.45, 7) is 0. The number of rotatable bonds is 4. The largest absolute Gasteiger partial charge is 0.372 e. The molecule has 0 saturated heterocycles. The number of halogens is 1. The molecule has 0 radical (unpaired) electrons. The number of anilines is 2. The highest BCUT2D eigenvalue weighted by Crippen LogP contribution is 2.23. The molecule has 2 rings (SSSR count). The van der Waals surface area contributed by atoms with Gasteiger partial charge >= 0.3 is 0 Å². The standard InChI is InChI=1S/C13H11FN4O2S/c1-16-13-12(3-2-6-17-13)21(19,20)18-11-5-4-9(8-15)7-10(11)14/h2-7,18H,1H3,(H,16,17). The van der Waals surface area contributed by atoms with Crippen molar-refractivity contribution < 1.29 is 12.8 Å². The predicted octanol–water partition coefficient (Wildman–Crippen LogP) is 1.93. The zero-order valence-electron chi connectivity index (χ0n) is 11.0. The van der Waals surface area contributed by atoms with Crippen molar-refractivity contribution in [2.45, 2.75) is 4.90 Å². The third-order valence-electron chi connectivity index (χ3n) is 2.64. The average molecular weight is 306 g/mol. The second-order valence-electron chi connectivity index (χ2n) is 4.01. The van der Waals surface area contributed by atoms with Gasteiger partial charge in [-0.05, 0) is 30.3 Å². The van der Waals surface area contributed by atoms with Crippen LogP contribution in [0, 0.1) is 17.1 Å². The summed E-state index contributed by atoms with van der Waals surface area (Å²) in [5, 5.41) is 11.3. The van der Waals surface area contributed by atoms with Crippen molar-refractivity contribution in [3.63, 3.8) is 0 Å². The summed E-state index contributed by atoms with van der Waals surface area (Å²) in [5.74, 6) is -0.674. The van der Waals surface area contributed by atoms with E-state index in [4.69, 9.17) is 5.26 Å². The molecule has 6 nitrogen and oxygen atoms in total. The summed E-state index contributed by atoms with van der Waals surface area (Å²) < 4.78 is 40.4. The maximum Gasteiger partial charge on any atom is 0.265 e. The van der Waals surface area contributed by atoms with Crippen LogP contribution in [-0.4, -0.2) is 20.4 Å². The monoisotopic (exact) mass is 306 g/mol. The first-order valence-corrected chi connectivity index (χ1v) is 7.31. The molecule has 2 N–H and O–H groups in total. The minimum Gasteiger partial charge on any atom is -0.372 e. The van der Waals surface area contributed by atoms with Crippen molar-refractivity contribution in [3.05, 3.63) is 47.9 Å². The molecule has 0 saturated carbocycles. The predicted molar refractivity (Wildman–Crippen MR) is 75.7 cm³/mol. The van der Waals surface area contributed by atoms with Gasteiger partial charge in [0.2, 0.25) is 0 Å². The van der Waals surface area contributed by atoms with Gasteiger partial charge in [0.25, 0.3) is 10.0 Å². The molecule has 108 valence electrons. The number of nitrogens with one attached hydrogen (secondary N) is 2. The molecule has 21 heavy (non-hydrogen) atoms. The van der Waals surface area contributed by atoms with Gasteiger partial charge in [0, 0.05) is 13.2 Å². The van der Waals surface area contributed by atoms with Crippen LogP contribution in [0.1, 0.15) is 5.56 Å². The maximum atomic E-state index is 13.8. The van der Waals surface area contributed by atoms with E-state index in [-0.39, 0.29) is 22.0 Å². The van der Waals surface area contributed by atoms with Gasteiger partial charge in [0.15, 0.2) is 0 Å². The summed E-state index contributed by atoms with van der Waals surface area (Å²) >= 11 is 0. The molecule has 0 unspecified atom stereocenters. The van der Waals surface area contributed by atoms with Gasteiger partial charge in [-0.25, -0.2) is 17.8 Å². The highest BCUT2D eigenvalue weighted by molar-refractivity contribution is 7.92. The number of nitrogens with zero attached hydrogens (tertiary/aromatic N) is 2. The van der Waals surface area contributed by atoms with E-state index >= 15 is 0 Å². The van der Waals surface area contributed by atoms with Gasteiger partial charge < -0.3 is 5.32 Å². The minimum atomic E-state index is -4.00. The fourth-order valence-corrected chi connectivity index (χ4v) is 2.89. The maximum absolute atomic E-state index is 13.8. The molecule has 0 aliphatic carbocycles. The molecule has 1 heterocycles. The van der Waals surface area contributed by atoms with E-state index in [2.05, 4.69) is 15.0 Å². The number of sulfonamides is 1. The van der Waals surface area contributed by atoms with Crippen LogP contribution in [0.5, 0.6) is 0 Å². The fourth-order valence-electron chi connectivity index (χ4n) is 1.66. The Morgan fingerprint density at radius 2 is 2.10 bits per heavy atom. The van der Waals surface area contributed by atoms with Crippen LogP contribution in [0.4, 0.5) is 15.9 Å². The Labute approximate surface area is 121 Å². The first-order chi connectivity index (χ1) is 9.97. The van der Waals surface area contributed by atoms with Crippen LogP contribution in [-0.2, 0) is 10.0 Å². The number of aromatic nitrogens is 1. The number of benzene rings is 1. The Morgan fingerprint density at radius 1 is 1.33 bits per heavy atom. The Hall–Kier alpha value is -2.66. The van der Waals surface area contributed by atoms with Gasteiger partial charge in [-0.3, -0.25) is 4.72 Å². The second-order valence-corrected chi connectivity index (χ2v) is 5.66. The molecule has 1 aromatic heterocycles. The Balaban J connectivity index is 2.41. The van der Waals surface area contributed by atoms with Crippen LogP contribution in [0.15, 0.2) is 41.4 Å². The Kier molecular flexibility index (Phi) is 4.05. The third kappa shape index (κ3) is 3.09. The molecular weight excluding hydrogens is 295 g/mol. The van der Waals surface area contributed by atoms with Crippen molar-refractivity contribution in [1.82, 2.24) is 4.98 Å². The second kappa shape index (κ2) is 5.76. The molecule has 0 aliphatic rings. The van der Waals surface area contributed by atoms with Gasteiger partial charge in [0.05, 0.1) is 17.3 Å². The van der Waals surface area contributed by atoms with Crippen LogP contribution < -0.4 is 10.0 Å². The summed E-state index contributed by atoms with van der Waals surface area (Å²) in [5.41, 5.74) is -0.132. The molecule has 0 amide bonds. The Bertz CT molecular complexity index is 815. The quantitative estimate of drug-likeness (QED) is 0.900. The van der Waals surface area contributed by atoms with E-state index in [1.165, 1.54) is 37.5 Å². The molecule has 0 aliphatic heterocycles. The van der Waals surface area contributed by atoms with Gasteiger partial charge in [-0.1, -0.05) is 0 Å². The van der Waals surface area contributed by atoms with Crippen molar-refractivity contribution in [1.29, 1.82) is 5.26 Å². The van der Waals surface area contributed by atoms with E-state index in [0.717, 1.165) is 6.07 Å². The lowest BCUT2D eigenvalue weighted by molar-refractivity contribution is 0.598. The smallest absolute Gasteiger partial charge is 0.265 e. The fraction of sp³-hybridized carbons (Fsp3) is 0.0769. The lowest BCUT2D eigenvalue weighted by Gasteiger charge is -2.11. The SMILES string of the molecule is CNc1ncccc1S(=O)(=O)Nc1ccc(C#N)cc1F. The van der Waals surface area contributed by atoms with Crippen LogP contribution in [0.25, 0.3) is 0 Å². The highest BCUT2D eigenvalue weighted by Gasteiger charge is 2.20. The van der Waals surface area contributed by atoms with Crippen LogP contribution in [0.3, 0.4) is 0 Å². The molecule has 0 fully saturated rings. The van der Waals surface area contributed by atoms with Gasteiger partial charge in [-0.15, -0.1) is 0 Å². The van der Waals surface area contributed by atoms with E-state index in [9.17, 15) is 12.8 Å². The van der Waals surface area contributed by atoms with E-state index in [0.29, 0.717) is 0 Å². The zero-order valence-corrected chi connectivity index (χ0v) is 11.8. The lowest BCUT2D eigenvalue weighted by Crippen LogP contribution is -2.16. The number of pyridine rings is 1. The topological polar surface area (TPSA) is 94.9 Å². The molecule has 0 spiro atoms. The highest BCUT2D eigenvalue weighted by atomic mass is 32.2. The van der Waals surface area contributed by atoms with Crippen molar-refractivity contribution in [2.24, 2.45) is 0 Å². The lowest BCUT2D eigenvalue weighted by atomic mass is 10.2. The zero-order chi connectivity index (χ0) is 15.5. The third-order valence-corrected chi connectivity index (χ3v) is 4.04. The van der Waals surface area contributed by atoms with Crippen molar-refractivity contribution in [2.75, 3.05) is 17.1 Å². The summed E-state index contributed by atoms with van der Waals surface area (Å²) in [7, 11) is -2.46. The van der Waals surface area contributed by atoms with Crippen LogP contribution in [0.2, 0.25) is 0 Å². The van der Waals surface area contributed by atoms with Gasteiger partial charge in [-0.2, -0.15) is 5.26 Å². The number of nitriles is 1. The molecular formula is C13H11FN4O2S.